The molecule has 8 nitrogen and oxygen atoms in total. The smallest absolute Gasteiger partial charge is 0.224 e. The highest BCUT2D eigenvalue weighted by molar-refractivity contribution is 5.79. The Balaban J connectivity index is 1.34. The van der Waals surface area contributed by atoms with E-state index in [0.717, 1.165) is 49.5 Å². The number of nitrogens with zero attached hydrogens (tertiary/aromatic N) is 4. The highest BCUT2D eigenvalue weighted by atomic mass is 16.5. The van der Waals surface area contributed by atoms with Crippen LogP contribution in [-0.4, -0.2) is 52.0 Å². The molecule has 0 radical (unpaired) electrons. The molecular formula is C20H28N6O2. The van der Waals surface area contributed by atoms with E-state index < -0.39 is 0 Å². The van der Waals surface area contributed by atoms with Crippen molar-refractivity contribution in [1.29, 1.82) is 0 Å². The molecule has 150 valence electrons. The van der Waals surface area contributed by atoms with Gasteiger partial charge < -0.3 is 15.8 Å². The zero-order valence-electron chi connectivity index (χ0n) is 16.3. The third-order valence-corrected chi connectivity index (χ3v) is 6.05. The van der Waals surface area contributed by atoms with Crippen LogP contribution in [0.2, 0.25) is 0 Å². The van der Waals surface area contributed by atoms with Crippen molar-refractivity contribution in [3.63, 3.8) is 0 Å². The van der Waals surface area contributed by atoms with Crippen molar-refractivity contribution in [3.05, 3.63) is 41.7 Å². The Morgan fingerprint density at radius 3 is 2.96 bits per heavy atom. The Morgan fingerprint density at radius 2 is 2.25 bits per heavy atom. The van der Waals surface area contributed by atoms with Crippen molar-refractivity contribution in [2.75, 3.05) is 20.2 Å². The molecule has 0 saturated carbocycles. The summed E-state index contributed by atoms with van der Waals surface area (Å²) >= 11 is 0. The normalized spacial score (nSPS) is 26.2. The van der Waals surface area contributed by atoms with Gasteiger partial charge in [0.2, 0.25) is 5.91 Å². The maximum atomic E-state index is 12.8. The monoisotopic (exact) mass is 384 g/mol. The molecule has 3 aliphatic rings. The van der Waals surface area contributed by atoms with Crippen LogP contribution < -0.4 is 15.8 Å². The number of piperidine rings is 3. The fourth-order valence-electron chi connectivity index (χ4n) is 4.52. The molecule has 1 unspecified atom stereocenters. The number of carbonyl (C=O) groups excluding carboxylic acids is 1. The number of hydrogen-bond donors (Lipinski definition) is 2. The largest absolute Gasteiger partial charge is 0.496 e. The molecule has 4 atom stereocenters. The van der Waals surface area contributed by atoms with Crippen molar-refractivity contribution in [1.82, 2.24) is 25.2 Å². The SMILES string of the molecule is COc1ccccc1CNC(=O)[C@H]1CN2CC[C@H]1C[C@@H]2Cn1cc(CN)nn1. The Bertz CT molecular complexity index is 823. The topological polar surface area (TPSA) is 98.3 Å². The van der Waals surface area contributed by atoms with Crippen molar-refractivity contribution in [2.45, 2.75) is 38.5 Å². The van der Waals surface area contributed by atoms with Crippen LogP contribution in [0.1, 0.15) is 24.1 Å². The van der Waals surface area contributed by atoms with Gasteiger partial charge >= 0.3 is 0 Å². The molecule has 28 heavy (non-hydrogen) atoms. The van der Waals surface area contributed by atoms with Crippen LogP contribution in [0.5, 0.6) is 5.75 Å². The van der Waals surface area contributed by atoms with Gasteiger partial charge in [-0.25, -0.2) is 0 Å². The molecule has 3 N–H and O–H groups in total. The van der Waals surface area contributed by atoms with Crippen LogP contribution in [-0.2, 0) is 24.4 Å². The number of benzene rings is 1. The van der Waals surface area contributed by atoms with Gasteiger partial charge in [-0.3, -0.25) is 14.4 Å². The summed E-state index contributed by atoms with van der Waals surface area (Å²) in [7, 11) is 1.65. The van der Waals surface area contributed by atoms with Crippen LogP contribution in [0.25, 0.3) is 0 Å². The number of nitrogens with one attached hydrogen (secondary N) is 1. The molecule has 3 fully saturated rings. The molecule has 4 heterocycles. The predicted molar refractivity (Wildman–Crippen MR) is 104 cm³/mol. The summed E-state index contributed by atoms with van der Waals surface area (Å²) in [5.41, 5.74) is 7.43. The second-order valence-corrected chi connectivity index (χ2v) is 7.71. The number of methoxy groups -OCH3 is 1. The Kier molecular flexibility index (Phi) is 5.59. The van der Waals surface area contributed by atoms with Crippen LogP contribution in [0, 0.1) is 11.8 Å². The summed E-state index contributed by atoms with van der Waals surface area (Å²) in [6.45, 7) is 3.57. The van der Waals surface area contributed by atoms with Gasteiger partial charge in [-0.15, -0.1) is 5.10 Å². The number of fused-ring (bicyclic) bond motifs is 3. The van der Waals surface area contributed by atoms with Gasteiger partial charge in [0.25, 0.3) is 0 Å². The highest BCUT2D eigenvalue weighted by Crippen LogP contribution is 2.37. The Hall–Kier alpha value is -2.45. The van der Waals surface area contributed by atoms with E-state index in [9.17, 15) is 4.79 Å². The summed E-state index contributed by atoms with van der Waals surface area (Å²) < 4.78 is 7.25. The van der Waals surface area contributed by atoms with Gasteiger partial charge in [0, 0.05) is 37.4 Å². The lowest BCUT2D eigenvalue weighted by Crippen LogP contribution is -2.58. The maximum Gasteiger partial charge on any atom is 0.224 e. The lowest BCUT2D eigenvalue weighted by Gasteiger charge is -2.49. The first-order valence-corrected chi connectivity index (χ1v) is 9.90. The highest BCUT2D eigenvalue weighted by Gasteiger charge is 2.43. The molecule has 2 aromatic rings. The van der Waals surface area contributed by atoms with Crippen LogP contribution in [0.4, 0.5) is 0 Å². The number of nitrogens with two attached hydrogens (primary N) is 1. The number of carbonyl (C=O) groups is 1. The zero-order valence-corrected chi connectivity index (χ0v) is 16.3. The minimum atomic E-state index is 0.0510. The lowest BCUT2D eigenvalue weighted by atomic mass is 9.75. The summed E-state index contributed by atoms with van der Waals surface area (Å²) in [5.74, 6) is 1.42. The summed E-state index contributed by atoms with van der Waals surface area (Å²) in [6.07, 6.45) is 4.01. The average Bonchev–Trinajstić information content (AvgIpc) is 3.20. The Labute approximate surface area is 165 Å². The van der Waals surface area contributed by atoms with E-state index in [2.05, 4.69) is 20.5 Å². The van der Waals surface area contributed by atoms with E-state index in [1.165, 1.54) is 0 Å². The van der Waals surface area contributed by atoms with Gasteiger partial charge in [0.15, 0.2) is 0 Å². The first-order valence-electron chi connectivity index (χ1n) is 9.90. The van der Waals surface area contributed by atoms with Crippen LogP contribution in [0.15, 0.2) is 30.5 Å². The van der Waals surface area contributed by atoms with E-state index in [-0.39, 0.29) is 11.8 Å². The van der Waals surface area contributed by atoms with E-state index in [4.69, 9.17) is 10.5 Å². The molecule has 8 heteroatoms. The molecule has 3 saturated heterocycles. The molecular weight excluding hydrogens is 356 g/mol. The maximum absolute atomic E-state index is 12.8. The molecule has 1 aromatic carbocycles. The number of para-hydroxylation sites is 1. The molecule has 5 rings (SSSR count). The van der Waals surface area contributed by atoms with E-state index in [1.807, 2.05) is 35.1 Å². The molecule has 3 aliphatic heterocycles. The van der Waals surface area contributed by atoms with Crippen molar-refractivity contribution < 1.29 is 9.53 Å². The minimum Gasteiger partial charge on any atom is -0.496 e. The van der Waals surface area contributed by atoms with Crippen molar-refractivity contribution in [2.24, 2.45) is 17.6 Å². The fraction of sp³-hybridized carbons (Fsp3) is 0.550. The fourth-order valence-corrected chi connectivity index (χ4v) is 4.52. The van der Waals surface area contributed by atoms with Gasteiger partial charge in [0.1, 0.15) is 5.75 Å². The minimum absolute atomic E-state index is 0.0510. The summed E-state index contributed by atoms with van der Waals surface area (Å²) in [6, 6.07) is 8.20. The quantitative estimate of drug-likeness (QED) is 0.732. The van der Waals surface area contributed by atoms with Gasteiger partial charge in [0.05, 0.1) is 25.3 Å². The van der Waals surface area contributed by atoms with E-state index in [1.54, 1.807) is 7.11 Å². The number of rotatable bonds is 7. The Morgan fingerprint density at radius 1 is 1.39 bits per heavy atom. The molecule has 1 amide bonds. The first-order chi connectivity index (χ1) is 13.7. The molecule has 2 bridgehead atoms. The number of aromatic nitrogens is 3. The first kappa shape index (κ1) is 18.9. The number of amides is 1. The van der Waals surface area contributed by atoms with E-state index in [0.29, 0.717) is 25.0 Å². The molecule has 0 spiro atoms. The molecule has 0 aliphatic carbocycles. The van der Waals surface area contributed by atoms with Crippen LogP contribution >= 0.6 is 0 Å². The van der Waals surface area contributed by atoms with Crippen molar-refractivity contribution >= 4 is 5.91 Å². The van der Waals surface area contributed by atoms with Gasteiger partial charge in [-0.1, -0.05) is 23.4 Å². The lowest BCUT2D eigenvalue weighted by molar-refractivity contribution is -0.133. The van der Waals surface area contributed by atoms with Gasteiger partial charge in [-0.05, 0) is 31.4 Å². The standard InChI is InChI=1S/C20H28N6O2/c1-28-19-5-3-2-4-15(19)10-22-20(27)18-13-25-7-6-14(18)8-17(25)12-26-11-16(9-21)23-24-26/h2-5,11,14,17-18H,6-10,12-13,21H2,1H3,(H,22,27)/t14-,17+,18-/m0/s1. The second-order valence-electron chi connectivity index (χ2n) is 7.71. The average molecular weight is 384 g/mol. The van der Waals surface area contributed by atoms with Gasteiger partial charge in [-0.2, -0.15) is 0 Å². The second kappa shape index (κ2) is 8.28. The van der Waals surface area contributed by atoms with Crippen molar-refractivity contribution in [3.8, 4) is 5.75 Å². The zero-order chi connectivity index (χ0) is 19.5. The summed E-state index contributed by atoms with van der Waals surface area (Å²) in [4.78, 5) is 15.3. The molecule has 1 aromatic heterocycles. The third kappa shape index (κ3) is 3.88. The number of hydrogen-bond acceptors (Lipinski definition) is 6. The van der Waals surface area contributed by atoms with Crippen LogP contribution in [0.3, 0.4) is 0 Å². The third-order valence-electron chi connectivity index (χ3n) is 6.05. The predicted octanol–water partition coefficient (Wildman–Crippen LogP) is 0.772. The summed E-state index contributed by atoms with van der Waals surface area (Å²) in [5, 5.41) is 11.4. The van der Waals surface area contributed by atoms with E-state index >= 15 is 0 Å². The number of ether oxygens (including phenoxy) is 1.